The van der Waals surface area contributed by atoms with Crippen LogP contribution in [-0.2, 0) is 0 Å². The van der Waals surface area contributed by atoms with Gasteiger partial charge in [0.1, 0.15) is 0 Å². The van der Waals surface area contributed by atoms with Crippen molar-refractivity contribution in [2.45, 2.75) is 52.5 Å². The molecular formula is C14H25N. The van der Waals surface area contributed by atoms with Crippen LogP contribution in [-0.4, -0.2) is 12.6 Å². The SMILES string of the molecule is C[C@H]1CC=C([C@@H]2C[C@H](C)[C@H](C)CN2)CC1. The van der Waals surface area contributed by atoms with Gasteiger partial charge < -0.3 is 5.32 Å². The molecule has 1 nitrogen and oxygen atoms in total. The van der Waals surface area contributed by atoms with E-state index in [2.05, 4.69) is 32.2 Å². The second kappa shape index (κ2) is 4.69. The van der Waals surface area contributed by atoms with E-state index in [4.69, 9.17) is 0 Å². The average Bonchev–Trinajstić information content (AvgIpc) is 2.23. The number of allylic oxidation sites excluding steroid dienone is 1. The summed E-state index contributed by atoms with van der Waals surface area (Å²) in [6.45, 7) is 8.35. The fraction of sp³-hybridized carbons (Fsp3) is 0.857. The van der Waals surface area contributed by atoms with Crippen LogP contribution < -0.4 is 5.32 Å². The van der Waals surface area contributed by atoms with Gasteiger partial charge in [0.05, 0.1) is 0 Å². The van der Waals surface area contributed by atoms with Gasteiger partial charge >= 0.3 is 0 Å². The molecule has 4 atom stereocenters. The van der Waals surface area contributed by atoms with E-state index in [1.54, 1.807) is 5.57 Å². The molecule has 0 aromatic carbocycles. The largest absolute Gasteiger partial charge is 0.310 e. The molecule has 1 aliphatic carbocycles. The van der Waals surface area contributed by atoms with E-state index in [0.29, 0.717) is 6.04 Å². The van der Waals surface area contributed by atoms with Gasteiger partial charge in [-0.05, 0) is 50.0 Å². The van der Waals surface area contributed by atoms with Gasteiger partial charge in [-0.2, -0.15) is 0 Å². The summed E-state index contributed by atoms with van der Waals surface area (Å²) in [6, 6.07) is 0.698. The molecule has 2 rings (SSSR count). The van der Waals surface area contributed by atoms with Crippen molar-refractivity contribution in [3.8, 4) is 0 Å². The molecule has 0 aromatic rings. The highest BCUT2D eigenvalue weighted by atomic mass is 14.9. The lowest BCUT2D eigenvalue weighted by atomic mass is 9.79. The molecule has 0 aromatic heterocycles. The first-order valence-corrected chi connectivity index (χ1v) is 6.59. The topological polar surface area (TPSA) is 12.0 Å². The molecule has 0 radical (unpaired) electrons. The summed E-state index contributed by atoms with van der Waals surface area (Å²) in [5, 5.41) is 3.72. The van der Waals surface area contributed by atoms with Gasteiger partial charge in [-0.1, -0.05) is 32.4 Å². The van der Waals surface area contributed by atoms with Gasteiger partial charge in [-0.15, -0.1) is 0 Å². The third-order valence-corrected chi connectivity index (χ3v) is 4.42. The average molecular weight is 207 g/mol. The monoisotopic (exact) mass is 207 g/mol. The van der Waals surface area contributed by atoms with Crippen molar-refractivity contribution in [3.63, 3.8) is 0 Å². The summed E-state index contributed by atoms with van der Waals surface area (Å²) >= 11 is 0. The van der Waals surface area contributed by atoms with Gasteiger partial charge in [-0.25, -0.2) is 0 Å². The van der Waals surface area contributed by atoms with Crippen LogP contribution in [0.3, 0.4) is 0 Å². The summed E-state index contributed by atoms with van der Waals surface area (Å²) in [6.07, 6.45) is 7.89. The maximum absolute atomic E-state index is 3.72. The Morgan fingerprint density at radius 1 is 1.20 bits per heavy atom. The van der Waals surface area contributed by atoms with Gasteiger partial charge in [-0.3, -0.25) is 0 Å². The number of hydrogen-bond donors (Lipinski definition) is 1. The Kier molecular flexibility index (Phi) is 3.50. The Balaban J connectivity index is 1.94. The number of piperidine rings is 1. The molecule has 1 aliphatic heterocycles. The van der Waals surface area contributed by atoms with Crippen molar-refractivity contribution in [2.75, 3.05) is 6.54 Å². The van der Waals surface area contributed by atoms with E-state index in [9.17, 15) is 0 Å². The molecule has 0 unspecified atom stereocenters. The van der Waals surface area contributed by atoms with Crippen LogP contribution >= 0.6 is 0 Å². The van der Waals surface area contributed by atoms with Crippen LogP contribution in [0.15, 0.2) is 11.6 Å². The van der Waals surface area contributed by atoms with Gasteiger partial charge in [0.2, 0.25) is 0 Å². The summed E-state index contributed by atoms with van der Waals surface area (Å²) in [5.74, 6) is 2.65. The molecule has 1 fully saturated rings. The van der Waals surface area contributed by atoms with Crippen LogP contribution in [0.25, 0.3) is 0 Å². The molecule has 1 heteroatoms. The van der Waals surface area contributed by atoms with Crippen molar-refractivity contribution in [1.82, 2.24) is 5.32 Å². The van der Waals surface area contributed by atoms with Crippen molar-refractivity contribution in [3.05, 3.63) is 11.6 Å². The summed E-state index contributed by atoms with van der Waals surface area (Å²) in [4.78, 5) is 0. The predicted octanol–water partition coefficient (Wildman–Crippen LogP) is 3.37. The van der Waals surface area contributed by atoms with Crippen molar-refractivity contribution in [2.24, 2.45) is 17.8 Å². The Hall–Kier alpha value is -0.300. The first-order valence-electron chi connectivity index (χ1n) is 6.59. The molecule has 1 N–H and O–H groups in total. The summed E-state index contributed by atoms with van der Waals surface area (Å²) in [5.41, 5.74) is 1.70. The van der Waals surface area contributed by atoms with Gasteiger partial charge in [0.25, 0.3) is 0 Å². The number of rotatable bonds is 1. The number of hydrogen-bond acceptors (Lipinski definition) is 1. The number of nitrogens with one attached hydrogen (secondary N) is 1. The van der Waals surface area contributed by atoms with Crippen LogP contribution in [0.1, 0.15) is 46.5 Å². The minimum atomic E-state index is 0.698. The van der Waals surface area contributed by atoms with Crippen LogP contribution in [0.2, 0.25) is 0 Å². The van der Waals surface area contributed by atoms with Crippen LogP contribution in [0, 0.1) is 17.8 Å². The Morgan fingerprint density at radius 2 is 2.00 bits per heavy atom. The fourth-order valence-electron chi connectivity index (χ4n) is 2.80. The first-order chi connectivity index (χ1) is 7.16. The lowest BCUT2D eigenvalue weighted by Gasteiger charge is -2.36. The molecule has 86 valence electrons. The second-order valence-corrected chi connectivity index (χ2v) is 5.81. The highest BCUT2D eigenvalue weighted by molar-refractivity contribution is 5.15. The smallest absolute Gasteiger partial charge is 0.0282 e. The lowest BCUT2D eigenvalue weighted by Crippen LogP contribution is -2.43. The maximum atomic E-state index is 3.72. The first kappa shape index (κ1) is 11.2. The van der Waals surface area contributed by atoms with E-state index in [0.717, 1.165) is 17.8 Å². The Labute approximate surface area is 94.3 Å². The molecule has 0 spiro atoms. The minimum Gasteiger partial charge on any atom is -0.310 e. The van der Waals surface area contributed by atoms with Gasteiger partial charge in [0, 0.05) is 6.04 Å². The highest BCUT2D eigenvalue weighted by Crippen LogP contribution is 2.31. The van der Waals surface area contributed by atoms with Crippen molar-refractivity contribution < 1.29 is 0 Å². The zero-order valence-electron chi connectivity index (χ0n) is 10.4. The van der Waals surface area contributed by atoms with E-state index in [1.807, 2.05) is 0 Å². The van der Waals surface area contributed by atoms with E-state index in [-0.39, 0.29) is 0 Å². The quantitative estimate of drug-likeness (QED) is 0.650. The van der Waals surface area contributed by atoms with Crippen molar-refractivity contribution >= 4 is 0 Å². The fourth-order valence-corrected chi connectivity index (χ4v) is 2.80. The predicted molar refractivity (Wildman–Crippen MR) is 65.8 cm³/mol. The summed E-state index contributed by atoms with van der Waals surface area (Å²) < 4.78 is 0. The minimum absolute atomic E-state index is 0.698. The zero-order valence-corrected chi connectivity index (χ0v) is 10.4. The van der Waals surface area contributed by atoms with Crippen molar-refractivity contribution in [1.29, 1.82) is 0 Å². The Morgan fingerprint density at radius 3 is 2.60 bits per heavy atom. The maximum Gasteiger partial charge on any atom is 0.0282 e. The molecular weight excluding hydrogens is 182 g/mol. The van der Waals surface area contributed by atoms with Crippen LogP contribution in [0.4, 0.5) is 0 Å². The summed E-state index contributed by atoms with van der Waals surface area (Å²) in [7, 11) is 0. The Bertz CT molecular complexity index is 244. The van der Waals surface area contributed by atoms with E-state index < -0.39 is 0 Å². The zero-order chi connectivity index (χ0) is 10.8. The van der Waals surface area contributed by atoms with Gasteiger partial charge in [0.15, 0.2) is 0 Å². The highest BCUT2D eigenvalue weighted by Gasteiger charge is 2.27. The molecule has 1 saturated heterocycles. The third-order valence-electron chi connectivity index (χ3n) is 4.42. The molecule has 0 saturated carbocycles. The molecule has 0 bridgehead atoms. The van der Waals surface area contributed by atoms with E-state index >= 15 is 0 Å². The second-order valence-electron chi connectivity index (χ2n) is 5.81. The normalized spacial score (nSPS) is 42.5. The standard InChI is InChI=1S/C14H25N/c1-10-4-6-13(7-5-10)14-8-11(2)12(3)9-15-14/h6,10-12,14-15H,4-5,7-9H2,1-3H3/t10-,11-,12+,14-/m0/s1. The van der Waals surface area contributed by atoms with E-state index in [1.165, 1.54) is 32.2 Å². The molecule has 15 heavy (non-hydrogen) atoms. The lowest BCUT2D eigenvalue weighted by molar-refractivity contribution is 0.253. The third kappa shape index (κ3) is 2.63. The van der Waals surface area contributed by atoms with Crippen LogP contribution in [0.5, 0.6) is 0 Å². The molecule has 1 heterocycles. The molecule has 2 aliphatic rings. The molecule has 0 amide bonds.